The molecule has 0 saturated carbocycles. The highest BCUT2D eigenvalue weighted by Crippen LogP contribution is 2.51. The summed E-state index contributed by atoms with van der Waals surface area (Å²) in [6, 6.07) is 8.35. The smallest absolute Gasteiger partial charge is 0.339 e. The number of aromatic nitrogens is 4. The molecule has 3 fully saturated rings. The molecule has 262 valence electrons. The predicted octanol–water partition coefficient (Wildman–Crippen LogP) is 1.67. The molecule has 6 rings (SSSR count). The van der Waals surface area contributed by atoms with Crippen molar-refractivity contribution < 1.29 is 56.8 Å². The van der Waals surface area contributed by atoms with Gasteiger partial charge in [-0.15, -0.1) is 0 Å². The van der Waals surface area contributed by atoms with Crippen LogP contribution >= 0.6 is 0 Å². The molecule has 0 unspecified atom stereocenters. The summed E-state index contributed by atoms with van der Waals surface area (Å²) in [6.07, 6.45) is -7.23. The van der Waals surface area contributed by atoms with Gasteiger partial charge in [0.1, 0.15) is 24.1 Å². The molecule has 2 N–H and O–H groups in total. The number of nitrogens with two attached hydrogens (primary N) is 1. The summed E-state index contributed by atoms with van der Waals surface area (Å²) in [4.78, 5) is 64.5. The second-order valence-electron chi connectivity index (χ2n) is 12.8. The van der Waals surface area contributed by atoms with Crippen LogP contribution < -0.4 is 5.73 Å². The van der Waals surface area contributed by atoms with E-state index in [0.717, 1.165) is 21.0 Å². The molecule has 3 aliphatic heterocycles. The summed E-state index contributed by atoms with van der Waals surface area (Å²) in [6.45, 7) is 7.90. The Morgan fingerprint density at radius 1 is 0.959 bits per heavy atom. The molecule has 49 heavy (non-hydrogen) atoms. The van der Waals surface area contributed by atoms with E-state index in [4.69, 9.17) is 43.3 Å². The topological polar surface area (TPSA) is 212 Å². The normalized spacial score (nSPS) is 30.9. The number of hydrogen-bond donors (Lipinski definition) is 1. The lowest BCUT2D eigenvalue weighted by Crippen LogP contribution is -2.76. The van der Waals surface area contributed by atoms with Gasteiger partial charge in [0.2, 0.25) is 5.79 Å². The minimum Gasteiger partial charge on any atom is -0.467 e. The summed E-state index contributed by atoms with van der Waals surface area (Å²) < 4.78 is 50.5. The largest absolute Gasteiger partial charge is 0.467 e. The van der Waals surface area contributed by atoms with Gasteiger partial charge in [-0.2, -0.15) is 0 Å². The molecule has 3 aromatic rings. The average molecular weight is 700 g/mol. The molecule has 0 spiro atoms. The van der Waals surface area contributed by atoms with E-state index in [0.29, 0.717) is 11.2 Å². The molecule has 0 aliphatic carbocycles. The number of fused-ring (bicyclic) bond motifs is 3. The highest BCUT2D eigenvalue weighted by atomic mass is 28.4. The van der Waals surface area contributed by atoms with Gasteiger partial charge >= 0.3 is 23.9 Å². The van der Waals surface area contributed by atoms with Crippen LogP contribution in [0.15, 0.2) is 43.0 Å². The number of methoxy groups -OCH3 is 1. The molecular formula is C31H37N5O12Si. The quantitative estimate of drug-likeness (QED) is 0.201. The van der Waals surface area contributed by atoms with Crippen molar-refractivity contribution in [3.8, 4) is 0 Å². The van der Waals surface area contributed by atoms with E-state index in [9.17, 15) is 19.2 Å². The van der Waals surface area contributed by atoms with Gasteiger partial charge in [0, 0.05) is 20.3 Å². The maximum atomic E-state index is 13.6. The minimum atomic E-state index is -2.69. The fourth-order valence-corrected chi connectivity index (χ4v) is 7.75. The zero-order chi connectivity index (χ0) is 35.2. The number of benzene rings is 1. The first-order chi connectivity index (χ1) is 23.2. The number of nitrogen functional groups attached to an aromatic ring is 1. The monoisotopic (exact) mass is 699 g/mol. The van der Waals surface area contributed by atoms with Crippen molar-refractivity contribution in [2.45, 2.75) is 94.7 Å². The summed E-state index contributed by atoms with van der Waals surface area (Å²) in [5.41, 5.74) is 6.93. The highest BCUT2D eigenvalue weighted by molar-refractivity contribution is 6.69. The molecule has 3 aliphatic rings. The highest BCUT2D eigenvalue weighted by Gasteiger charge is 2.70. The van der Waals surface area contributed by atoms with Crippen molar-refractivity contribution in [3.05, 3.63) is 48.5 Å². The summed E-state index contributed by atoms with van der Waals surface area (Å²) >= 11 is 0. The summed E-state index contributed by atoms with van der Waals surface area (Å²) in [5.74, 6) is -4.96. The molecule has 0 amide bonds. The van der Waals surface area contributed by atoms with E-state index in [-0.39, 0.29) is 17.8 Å². The Kier molecular flexibility index (Phi) is 9.18. The molecule has 5 heterocycles. The zero-order valence-electron chi connectivity index (χ0n) is 27.6. The van der Waals surface area contributed by atoms with Crippen molar-refractivity contribution in [2.24, 2.45) is 0 Å². The molecule has 1 aromatic carbocycles. The van der Waals surface area contributed by atoms with Crippen LogP contribution in [0.1, 0.15) is 36.9 Å². The van der Waals surface area contributed by atoms with E-state index in [1.807, 2.05) is 19.6 Å². The number of nitrogens with zero attached hydrogens (tertiary/aromatic N) is 4. The van der Waals surface area contributed by atoms with Gasteiger partial charge in [-0.1, -0.05) is 18.2 Å². The third-order valence-electron chi connectivity index (χ3n) is 8.21. The fraction of sp³-hybridized carbons (Fsp3) is 0.516. The van der Waals surface area contributed by atoms with Crippen LogP contribution in [0.4, 0.5) is 5.82 Å². The van der Waals surface area contributed by atoms with Gasteiger partial charge in [-0.3, -0.25) is 14.2 Å². The number of rotatable bonds is 8. The molecule has 0 bridgehead atoms. The lowest BCUT2D eigenvalue weighted by atomic mass is 9.84. The van der Waals surface area contributed by atoms with E-state index in [2.05, 4.69) is 15.0 Å². The number of esters is 4. The van der Waals surface area contributed by atoms with Crippen LogP contribution in [-0.4, -0.2) is 107 Å². The van der Waals surface area contributed by atoms with Gasteiger partial charge < -0.3 is 43.3 Å². The Morgan fingerprint density at radius 2 is 1.67 bits per heavy atom. The maximum Gasteiger partial charge on any atom is 0.339 e. The lowest BCUT2D eigenvalue weighted by Gasteiger charge is -2.57. The van der Waals surface area contributed by atoms with Crippen molar-refractivity contribution in [1.29, 1.82) is 0 Å². The van der Waals surface area contributed by atoms with Gasteiger partial charge in [0.05, 0.1) is 25.1 Å². The van der Waals surface area contributed by atoms with E-state index in [1.54, 1.807) is 34.9 Å². The first kappa shape index (κ1) is 34.4. The van der Waals surface area contributed by atoms with Gasteiger partial charge in [0.15, 0.2) is 50.4 Å². The second kappa shape index (κ2) is 13.1. The number of carbonyl (C=O) groups is 4. The Labute approximate surface area is 281 Å². The van der Waals surface area contributed by atoms with Crippen molar-refractivity contribution in [2.75, 3.05) is 12.8 Å². The molecule has 3 saturated heterocycles. The minimum absolute atomic E-state index is 0.00711. The average Bonchev–Trinajstić information content (AvgIpc) is 3.62. The SMILES string of the molecule is COC(=O)[C@H]1O[C@@H]2C[C@H]3O[C@@H](n4cnc5c(N)ncnc54)[C@H](OC(=O)c4ccccc4)[C@H]3O[C@@]2(O[Si](C)(C)C)[C@@H](OC(C)=O)[C@@H]1OC(C)=O. The standard InChI is InChI=1S/C31H37N5O12Si/c1-15(37)42-22-24(30(40)41-3)45-19-12-18-21(47-31(19,48-49(4,5)6)25(22)43-16(2)38)23(46-29(39)17-10-8-7-9-11-17)28(44-18)36-14-35-20-26(32)33-13-34-27(20)36/h7-11,13-14,18-19,21-25,28H,12H2,1-6H3,(H2,32,33,34)/t18-,19-,21+,22-,23-,24+,25+,28-,31+/m1/s1. The van der Waals surface area contributed by atoms with E-state index < -0.39 is 86.9 Å². The molecule has 0 radical (unpaired) electrons. The molecular weight excluding hydrogens is 662 g/mol. The number of anilines is 1. The first-order valence-electron chi connectivity index (χ1n) is 15.5. The molecule has 2 aromatic heterocycles. The number of hydrogen-bond acceptors (Lipinski definition) is 16. The van der Waals surface area contributed by atoms with Crippen LogP contribution in [0.5, 0.6) is 0 Å². The Morgan fingerprint density at radius 3 is 2.33 bits per heavy atom. The van der Waals surface area contributed by atoms with E-state index >= 15 is 0 Å². The van der Waals surface area contributed by atoms with Gasteiger partial charge in [-0.05, 0) is 31.8 Å². The third-order valence-corrected chi connectivity index (χ3v) is 9.14. The molecule has 9 atom stereocenters. The van der Waals surface area contributed by atoms with Crippen LogP contribution in [0.25, 0.3) is 11.2 Å². The first-order valence-corrected chi connectivity index (χ1v) is 18.9. The number of carbonyl (C=O) groups excluding carboxylic acids is 4. The maximum absolute atomic E-state index is 13.6. The Hall–Kier alpha value is -4.49. The Balaban J connectivity index is 1.49. The lowest BCUT2D eigenvalue weighted by molar-refractivity contribution is -0.389. The second-order valence-corrected chi connectivity index (χ2v) is 17.2. The van der Waals surface area contributed by atoms with Gasteiger partial charge in [-0.25, -0.2) is 24.5 Å². The number of ether oxygens (including phenoxy) is 7. The summed E-state index contributed by atoms with van der Waals surface area (Å²) in [7, 11) is -1.55. The number of imidazole rings is 1. The Bertz CT molecular complexity index is 1750. The summed E-state index contributed by atoms with van der Waals surface area (Å²) in [5, 5.41) is 0. The fourth-order valence-electron chi connectivity index (χ4n) is 6.49. The predicted molar refractivity (Wildman–Crippen MR) is 168 cm³/mol. The van der Waals surface area contributed by atoms with Crippen molar-refractivity contribution >= 4 is 49.2 Å². The third kappa shape index (κ3) is 6.49. The van der Waals surface area contributed by atoms with E-state index in [1.165, 1.54) is 12.7 Å². The zero-order valence-corrected chi connectivity index (χ0v) is 28.6. The van der Waals surface area contributed by atoms with Crippen molar-refractivity contribution in [1.82, 2.24) is 19.5 Å². The van der Waals surface area contributed by atoms with Crippen LogP contribution in [0, 0.1) is 0 Å². The van der Waals surface area contributed by atoms with Crippen LogP contribution in [0.3, 0.4) is 0 Å². The van der Waals surface area contributed by atoms with Crippen LogP contribution in [0.2, 0.25) is 19.6 Å². The van der Waals surface area contributed by atoms with Gasteiger partial charge in [0.25, 0.3) is 0 Å². The van der Waals surface area contributed by atoms with Crippen molar-refractivity contribution in [3.63, 3.8) is 0 Å². The molecule has 18 heteroatoms. The van der Waals surface area contributed by atoms with Crippen LogP contribution in [-0.2, 0) is 52.0 Å². The molecule has 17 nitrogen and oxygen atoms in total.